The first-order valence-electron chi connectivity index (χ1n) is 11.5. The number of hydrogen-bond donors (Lipinski definition) is 2. The van der Waals surface area contributed by atoms with Gasteiger partial charge in [-0.05, 0) is 22.6 Å². The van der Waals surface area contributed by atoms with E-state index in [1.54, 1.807) is 0 Å². The molecular weight excluding hydrogens is 510 g/mol. The number of esters is 1. The van der Waals surface area contributed by atoms with Gasteiger partial charge in [-0.1, -0.05) is 71.9 Å². The van der Waals surface area contributed by atoms with Crippen molar-refractivity contribution in [2.45, 2.75) is 23.9 Å². The average Bonchev–Trinajstić information content (AvgIpc) is 3.44. The second kappa shape index (κ2) is 11.0. The Kier molecular flexibility index (Phi) is 7.38. The van der Waals surface area contributed by atoms with Gasteiger partial charge in [-0.3, -0.25) is 14.5 Å². The van der Waals surface area contributed by atoms with Crippen molar-refractivity contribution in [1.29, 1.82) is 0 Å². The van der Waals surface area contributed by atoms with Gasteiger partial charge in [-0.15, -0.1) is 23.1 Å². The molecule has 8 nitrogen and oxygen atoms in total. The zero-order chi connectivity index (χ0) is 25.8. The lowest BCUT2D eigenvalue weighted by molar-refractivity contribution is -0.154. The van der Waals surface area contributed by atoms with E-state index in [9.17, 15) is 19.6 Å². The minimum Gasteiger partial charge on any atom is -0.448 e. The van der Waals surface area contributed by atoms with Crippen molar-refractivity contribution in [3.63, 3.8) is 0 Å². The summed E-state index contributed by atoms with van der Waals surface area (Å²) in [4.78, 5) is 41.5. The van der Waals surface area contributed by atoms with Gasteiger partial charge in [-0.25, -0.2) is 4.79 Å². The molecule has 0 aliphatic carbocycles. The van der Waals surface area contributed by atoms with E-state index in [4.69, 9.17) is 4.74 Å². The molecule has 5 rings (SSSR count). The quantitative estimate of drug-likeness (QED) is 0.150. The summed E-state index contributed by atoms with van der Waals surface area (Å²) in [6.07, 6.45) is 0.623. The number of β-lactam (4-membered cyclic amide) rings is 1. The number of rotatable bonds is 8. The van der Waals surface area contributed by atoms with E-state index in [0.29, 0.717) is 11.3 Å². The fourth-order valence-electron chi connectivity index (χ4n) is 4.34. The Morgan fingerprint density at radius 3 is 2.35 bits per heavy atom. The van der Waals surface area contributed by atoms with Gasteiger partial charge >= 0.3 is 5.97 Å². The van der Waals surface area contributed by atoms with Crippen molar-refractivity contribution < 1.29 is 24.3 Å². The van der Waals surface area contributed by atoms with Crippen LogP contribution in [0.3, 0.4) is 0 Å². The van der Waals surface area contributed by atoms with E-state index in [1.807, 2.05) is 78.2 Å². The maximum absolute atomic E-state index is 13.6. The number of benzene rings is 2. The van der Waals surface area contributed by atoms with Crippen LogP contribution in [0.1, 0.15) is 22.1 Å². The number of carbonyl (C=O) groups is 3. The van der Waals surface area contributed by atoms with Crippen molar-refractivity contribution in [2.24, 2.45) is 5.16 Å². The minimum atomic E-state index is -0.757. The predicted octanol–water partition coefficient (Wildman–Crippen LogP) is 3.74. The van der Waals surface area contributed by atoms with Crippen LogP contribution >= 0.6 is 23.1 Å². The molecule has 0 saturated carbocycles. The topological polar surface area (TPSA) is 108 Å². The van der Waals surface area contributed by atoms with Gasteiger partial charge < -0.3 is 15.3 Å². The summed E-state index contributed by atoms with van der Waals surface area (Å²) in [5, 5.41) is 16.5. The van der Waals surface area contributed by atoms with E-state index in [1.165, 1.54) is 28.0 Å². The van der Waals surface area contributed by atoms with Crippen LogP contribution in [0.2, 0.25) is 0 Å². The monoisotopic (exact) mass is 533 g/mol. The third kappa shape index (κ3) is 5.16. The van der Waals surface area contributed by atoms with Crippen LogP contribution in [-0.4, -0.2) is 51.3 Å². The van der Waals surface area contributed by atoms with Crippen LogP contribution in [0.25, 0.3) is 0 Å². The molecule has 188 valence electrons. The van der Waals surface area contributed by atoms with Crippen LogP contribution in [0.5, 0.6) is 0 Å². The summed E-state index contributed by atoms with van der Waals surface area (Å²) in [6.45, 7) is 0. The zero-order valence-corrected chi connectivity index (χ0v) is 21.2. The van der Waals surface area contributed by atoms with Crippen LogP contribution in [0.15, 0.2) is 94.6 Å². The molecule has 1 fully saturated rings. The van der Waals surface area contributed by atoms with Crippen LogP contribution in [0, 0.1) is 0 Å². The van der Waals surface area contributed by atoms with Crippen molar-refractivity contribution >= 4 is 47.1 Å². The fraction of sp³-hybridized carbons (Fsp3) is 0.185. The lowest BCUT2D eigenvalue weighted by Crippen LogP contribution is -2.70. The van der Waals surface area contributed by atoms with Crippen molar-refractivity contribution in [3.8, 4) is 0 Å². The molecule has 2 aliphatic heterocycles. The molecule has 3 aromatic rings. The molecule has 0 spiro atoms. The summed E-state index contributed by atoms with van der Waals surface area (Å²) in [5.41, 5.74) is 1.93. The molecular formula is C27H23N3O5S2. The molecule has 1 saturated heterocycles. The third-order valence-electron chi connectivity index (χ3n) is 6.07. The maximum atomic E-state index is 13.6. The number of ether oxygens (including phenoxy) is 1. The van der Waals surface area contributed by atoms with Gasteiger partial charge in [0.1, 0.15) is 17.1 Å². The van der Waals surface area contributed by atoms with E-state index in [2.05, 4.69) is 10.5 Å². The largest absolute Gasteiger partial charge is 0.448 e. The van der Waals surface area contributed by atoms with Gasteiger partial charge in [0.25, 0.3) is 5.91 Å². The number of nitrogens with zero attached hydrogens (tertiary/aromatic N) is 2. The number of carbonyl (C=O) groups excluding carboxylic acids is 3. The maximum Gasteiger partial charge on any atom is 0.356 e. The molecule has 37 heavy (non-hydrogen) atoms. The molecule has 10 heteroatoms. The summed E-state index contributed by atoms with van der Waals surface area (Å²) in [5.74, 6) is -1.08. The highest BCUT2D eigenvalue weighted by molar-refractivity contribution is 8.00. The Morgan fingerprint density at radius 1 is 1.08 bits per heavy atom. The van der Waals surface area contributed by atoms with Crippen LogP contribution in [0.4, 0.5) is 0 Å². The number of thioether (sulfide) groups is 1. The van der Waals surface area contributed by atoms with Crippen molar-refractivity contribution in [3.05, 3.63) is 105 Å². The standard InChI is InChI=1S/C27H23N3O5S2/c31-21(14-20-12-7-13-36-20)29-22-25(32)30-23(19(15-28-34)16-37-26(22)30)27(33)35-24(17-8-3-1-4-9-17)18-10-5-2-6-11-18/h1-13,15,22,24,26,34H,14,16H2,(H,29,31)/t22-,26-/m1/s1. The molecule has 2 amide bonds. The Hall–Kier alpha value is -3.89. The predicted molar refractivity (Wildman–Crippen MR) is 141 cm³/mol. The number of amides is 2. The van der Waals surface area contributed by atoms with Crippen molar-refractivity contribution in [1.82, 2.24) is 10.2 Å². The SMILES string of the molecule is O=C(Cc1cccs1)N[C@@H]1C(=O)N2C(C(=O)OC(c3ccccc3)c3ccccc3)=C(C=NO)CS[C@H]12. The number of fused-ring (bicyclic) bond motifs is 1. The molecule has 2 aromatic carbocycles. The zero-order valence-electron chi connectivity index (χ0n) is 19.5. The Bertz CT molecular complexity index is 1300. The molecule has 1 aromatic heterocycles. The lowest BCUT2D eigenvalue weighted by Gasteiger charge is -2.49. The minimum absolute atomic E-state index is 0.0205. The molecule has 0 unspecified atom stereocenters. The number of hydrogen-bond acceptors (Lipinski definition) is 8. The van der Waals surface area contributed by atoms with E-state index in [-0.39, 0.29) is 18.0 Å². The highest BCUT2D eigenvalue weighted by Crippen LogP contribution is 2.41. The van der Waals surface area contributed by atoms with E-state index < -0.39 is 29.4 Å². The smallest absolute Gasteiger partial charge is 0.356 e. The second-order valence-corrected chi connectivity index (χ2v) is 10.6. The third-order valence-corrected chi connectivity index (χ3v) is 8.24. The second-order valence-electron chi connectivity index (χ2n) is 8.44. The summed E-state index contributed by atoms with van der Waals surface area (Å²) < 4.78 is 6.00. The van der Waals surface area contributed by atoms with Crippen molar-refractivity contribution in [2.75, 3.05) is 5.75 Å². The first kappa shape index (κ1) is 24.8. The lowest BCUT2D eigenvalue weighted by atomic mass is 10.0. The number of thiophene rings is 1. The summed E-state index contributed by atoms with van der Waals surface area (Å²) in [7, 11) is 0. The molecule has 0 radical (unpaired) electrons. The van der Waals surface area contributed by atoms with Gasteiger partial charge in [0.15, 0.2) is 6.10 Å². The van der Waals surface area contributed by atoms with Crippen LogP contribution in [-0.2, 0) is 25.5 Å². The Labute approximate surface area is 221 Å². The normalized spacial score (nSPS) is 19.1. The average molecular weight is 534 g/mol. The summed E-state index contributed by atoms with van der Waals surface area (Å²) >= 11 is 2.85. The highest BCUT2D eigenvalue weighted by atomic mass is 32.2. The summed E-state index contributed by atoms with van der Waals surface area (Å²) in [6, 6.07) is 21.6. The molecule has 3 heterocycles. The molecule has 2 atom stereocenters. The van der Waals surface area contributed by atoms with Gasteiger partial charge in [0, 0.05) is 16.2 Å². The highest BCUT2D eigenvalue weighted by Gasteiger charge is 2.54. The fourth-order valence-corrected chi connectivity index (χ4v) is 6.34. The number of oxime groups is 1. The van der Waals surface area contributed by atoms with Gasteiger partial charge in [0.05, 0.1) is 12.6 Å². The van der Waals surface area contributed by atoms with E-state index in [0.717, 1.165) is 22.2 Å². The van der Waals surface area contributed by atoms with Crippen LogP contribution < -0.4 is 5.32 Å². The van der Waals surface area contributed by atoms with Gasteiger partial charge in [-0.2, -0.15) is 0 Å². The Balaban J connectivity index is 1.38. The van der Waals surface area contributed by atoms with Gasteiger partial charge in [0.2, 0.25) is 5.91 Å². The first-order chi connectivity index (χ1) is 18.1. The first-order valence-corrected chi connectivity index (χ1v) is 13.5. The Morgan fingerprint density at radius 2 is 1.76 bits per heavy atom. The number of nitrogens with one attached hydrogen (secondary N) is 1. The van der Waals surface area contributed by atoms with E-state index >= 15 is 0 Å². The molecule has 2 N–H and O–H groups in total. The molecule has 0 bridgehead atoms. The molecule has 2 aliphatic rings.